The number of sulfonamides is 1. The Morgan fingerprint density at radius 2 is 1.73 bits per heavy atom. The predicted octanol–water partition coefficient (Wildman–Crippen LogP) is 4.89. The Balaban J connectivity index is 1.64. The number of nitrogens with zero attached hydrogens (tertiary/aromatic N) is 2. The average molecular weight is 585 g/mol. The quantitative estimate of drug-likeness (QED) is 0.389. The second-order valence-corrected chi connectivity index (χ2v) is 13.3. The van der Waals surface area contributed by atoms with Gasteiger partial charge >= 0.3 is 0 Å². The second-order valence-electron chi connectivity index (χ2n) is 11.5. The molecule has 10 nitrogen and oxygen atoms in total. The van der Waals surface area contributed by atoms with Crippen molar-refractivity contribution in [2.24, 2.45) is 7.05 Å². The summed E-state index contributed by atoms with van der Waals surface area (Å²) in [5, 5.41) is 3.79. The molecule has 0 radical (unpaired) electrons. The molecule has 41 heavy (non-hydrogen) atoms. The molecule has 1 aliphatic heterocycles. The minimum absolute atomic E-state index is 0.0288. The van der Waals surface area contributed by atoms with Crippen LogP contribution in [0.15, 0.2) is 36.4 Å². The maximum atomic E-state index is 13.7. The number of aromatic nitrogens is 1. The summed E-state index contributed by atoms with van der Waals surface area (Å²) in [6.07, 6.45) is 3.03. The lowest BCUT2D eigenvalue weighted by molar-refractivity contribution is -0.132. The molecule has 0 unspecified atom stereocenters. The number of rotatable bonds is 8. The summed E-state index contributed by atoms with van der Waals surface area (Å²) in [5.41, 5.74) is 2.29. The summed E-state index contributed by atoms with van der Waals surface area (Å²) in [6, 6.07) is 11.0. The van der Waals surface area contributed by atoms with Gasteiger partial charge in [0.1, 0.15) is 17.5 Å². The maximum Gasteiger partial charge on any atom is 0.272 e. The highest BCUT2D eigenvalue weighted by atomic mass is 32.2. The van der Waals surface area contributed by atoms with Crippen LogP contribution in [0.2, 0.25) is 0 Å². The molecule has 1 aromatic heterocycles. The summed E-state index contributed by atoms with van der Waals surface area (Å²) in [4.78, 5) is 27.6. The number of hydrogen-bond donors (Lipinski definition) is 2. The second kappa shape index (κ2) is 11.6. The van der Waals surface area contributed by atoms with E-state index in [0.717, 1.165) is 35.6 Å². The Hall–Kier alpha value is -3.73. The zero-order chi connectivity index (χ0) is 30.1. The van der Waals surface area contributed by atoms with Crippen molar-refractivity contribution in [3.8, 4) is 11.5 Å². The van der Waals surface area contributed by atoms with Gasteiger partial charge in [-0.3, -0.25) is 14.3 Å². The Morgan fingerprint density at radius 3 is 2.32 bits per heavy atom. The predicted molar refractivity (Wildman–Crippen MR) is 162 cm³/mol. The van der Waals surface area contributed by atoms with E-state index >= 15 is 0 Å². The van der Waals surface area contributed by atoms with E-state index in [1.807, 2.05) is 57.8 Å². The lowest BCUT2D eigenvalue weighted by Crippen LogP contribution is -2.41. The maximum absolute atomic E-state index is 13.7. The number of likely N-dealkylation sites (tertiary alicyclic amines) is 1. The van der Waals surface area contributed by atoms with Crippen LogP contribution in [0, 0.1) is 0 Å². The summed E-state index contributed by atoms with van der Waals surface area (Å²) in [5.74, 6) is 0.673. The van der Waals surface area contributed by atoms with Crippen molar-refractivity contribution in [2.75, 3.05) is 36.5 Å². The number of carbonyl (C=O) groups is 2. The summed E-state index contributed by atoms with van der Waals surface area (Å²) in [6.45, 7) is 9.21. The molecule has 0 aliphatic carbocycles. The molecule has 1 fully saturated rings. The molecule has 0 bridgehead atoms. The number of ether oxygens (including phenoxy) is 2. The van der Waals surface area contributed by atoms with Crippen molar-refractivity contribution in [2.45, 2.75) is 58.5 Å². The van der Waals surface area contributed by atoms with Crippen molar-refractivity contribution >= 4 is 44.1 Å². The van der Waals surface area contributed by atoms with Crippen LogP contribution in [-0.4, -0.2) is 62.3 Å². The minimum Gasteiger partial charge on any atom is -0.492 e. The number of methoxy groups -OCH3 is 1. The molecule has 1 saturated heterocycles. The lowest BCUT2D eigenvalue weighted by atomic mass is 9.86. The highest BCUT2D eigenvalue weighted by Gasteiger charge is 2.26. The first-order valence-corrected chi connectivity index (χ1v) is 15.7. The van der Waals surface area contributed by atoms with Gasteiger partial charge in [0.15, 0.2) is 5.75 Å². The van der Waals surface area contributed by atoms with Crippen LogP contribution in [0.3, 0.4) is 0 Å². The van der Waals surface area contributed by atoms with E-state index in [1.54, 1.807) is 22.8 Å². The number of aryl methyl sites for hydroxylation is 1. The van der Waals surface area contributed by atoms with E-state index < -0.39 is 10.0 Å². The molecule has 0 saturated carbocycles. The van der Waals surface area contributed by atoms with E-state index in [-0.39, 0.29) is 34.8 Å². The van der Waals surface area contributed by atoms with Crippen molar-refractivity contribution in [1.29, 1.82) is 0 Å². The molecule has 3 aromatic rings. The minimum atomic E-state index is -3.60. The van der Waals surface area contributed by atoms with E-state index in [4.69, 9.17) is 9.47 Å². The highest BCUT2D eigenvalue weighted by molar-refractivity contribution is 7.92. The Kier molecular flexibility index (Phi) is 8.58. The SMILES string of the molecule is CCC(=O)N1CCC(Oc2cccc3cc(C(=O)Nc4cc(C(C)(C)C)cc(NS(C)(=O)=O)c4OC)n(C)c23)CC1. The summed E-state index contributed by atoms with van der Waals surface area (Å²) < 4.78 is 40.4. The van der Waals surface area contributed by atoms with Gasteiger partial charge < -0.3 is 24.3 Å². The van der Waals surface area contributed by atoms with Crippen molar-refractivity contribution in [1.82, 2.24) is 9.47 Å². The van der Waals surface area contributed by atoms with Crippen LogP contribution in [0.25, 0.3) is 10.9 Å². The molecule has 11 heteroatoms. The third kappa shape index (κ3) is 6.78. The zero-order valence-electron chi connectivity index (χ0n) is 24.8. The molecule has 222 valence electrons. The fourth-order valence-corrected chi connectivity index (χ4v) is 5.71. The molecule has 0 spiro atoms. The fourth-order valence-electron chi connectivity index (χ4n) is 5.15. The standard InChI is InChI=1S/C30H40N4O6S/c1-8-26(35)34-14-12-21(13-15-34)40-25-11-9-10-19-16-24(33(5)27(19)25)29(36)31-22-17-20(30(2,3)4)18-23(28(22)39-6)32-41(7,37)38/h9-11,16-18,21,32H,8,12-15H2,1-7H3,(H,31,36). The molecular formula is C30H40N4O6S. The molecule has 2 aromatic carbocycles. The Morgan fingerprint density at radius 1 is 1.07 bits per heavy atom. The first kappa shape index (κ1) is 30.2. The highest BCUT2D eigenvalue weighted by Crippen LogP contribution is 2.39. The van der Waals surface area contributed by atoms with Crippen molar-refractivity contribution < 1.29 is 27.5 Å². The zero-order valence-corrected chi connectivity index (χ0v) is 25.6. The van der Waals surface area contributed by atoms with Crippen LogP contribution in [0.5, 0.6) is 11.5 Å². The van der Waals surface area contributed by atoms with Gasteiger partial charge in [0.2, 0.25) is 15.9 Å². The number of amides is 2. The van der Waals surface area contributed by atoms with Gasteiger partial charge in [0.25, 0.3) is 5.91 Å². The van der Waals surface area contributed by atoms with Gasteiger partial charge in [-0.2, -0.15) is 0 Å². The number of piperidine rings is 1. The number of hydrogen-bond acceptors (Lipinski definition) is 6. The number of fused-ring (bicyclic) bond motifs is 1. The van der Waals surface area contributed by atoms with Gasteiger partial charge in [-0.15, -0.1) is 0 Å². The number of carbonyl (C=O) groups excluding carboxylic acids is 2. The van der Waals surface area contributed by atoms with Gasteiger partial charge in [0.05, 0.1) is 30.3 Å². The Labute approximate surface area is 242 Å². The lowest BCUT2D eigenvalue weighted by Gasteiger charge is -2.32. The molecule has 2 N–H and O–H groups in total. The topological polar surface area (TPSA) is 119 Å². The van der Waals surface area contributed by atoms with Gasteiger partial charge in [0, 0.05) is 44.8 Å². The van der Waals surface area contributed by atoms with Gasteiger partial charge in [-0.25, -0.2) is 8.42 Å². The normalized spacial score (nSPS) is 14.7. The van der Waals surface area contributed by atoms with Gasteiger partial charge in [-0.05, 0) is 35.2 Å². The van der Waals surface area contributed by atoms with Crippen molar-refractivity contribution in [3.63, 3.8) is 0 Å². The Bertz CT molecular complexity index is 1560. The smallest absolute Gasteiger partial charge is 0.272 e. The third-order valence-corrected chi connectivity index (χ3v) is 7.94. The largest absolute Gasteiger partial charge is 0.492 e. The van der Waals surface area contributed by atoms with Gasteiger partial charge in [-0.1, -0.05) is 39.8 Å². The van der Waals surface area contributed by atoms with E-state index in [2.05, 4.69) is 10.0 Å². The number of anilines is 2. The van der Waals surface area contributed by atoms with E-state index in [0.29, 0.717) is 36.6 Å². The molecule has 1 aliphatic rings. The third-order valence-electron chi connectivity index (χ3n) is 7.35. The van der Waals surface area contributed by atoms with Crippen LogP contribution in [0.4, 0.5) is 11.4 Å². The summed E-state index contributed by atoms with van der Waals surface area (Å²) in [7, 11) is -0.359. The molecule has 4 rings (SSSR count). The monoisotopic (exact) mass is 584 g/mol. The van der Waals surface area contributed by atoms with Crippen molar-refractivity contribution in [3.05, 3.63) is 47.7 Å². The first-order valence-electron chi connectivity index (χ1n) is 13.8. The summed E-state index contributed by atoms with van der Waals surface area (Å²) >= 11 is 0. The molecular weight excluding hydrogens is 544 g/mol. The number of para-hydroxylation sites is 1. The first-order chi connectivity index (χ1) is 19.2. The van der Waals surface area contributed by atoms with E-state index in [1.165, 1.54) is 7.11 Å². The number of benzene rings is 2. The molecule has 2 heterocycles. The fraction of sp³-hybridized carbons (Fsp3) is 0.467. The van der Waals surface area contributed by atoms with Crippen LogP contribution >= 0.6 is 0 Å². The van der Waals surface area contributed by atoms with Crippen LogP contribution < -0.4 is 19.5 Å². The van der Waals surface area contributed by atoms with Crippen LogP contribution in [-0.2, 0) is 27.3 Å². The molecule has 0 atom stereocenters. The van der Waals surface area contributed by atoms with E-state index in [9.17, 15) is 18.0 Å². The molecule has 2 amide bonds. The number of nitrogens with one attached hydrogen (secondary N) is 2. The average Bonchev–Trinajstić information content (AvgIpc) is 3.24. The van der Waals surface area contributed by atoms with Crippen LogP contribution in [0.1, 0.15) is 63.0 Å².